The first-order valence-corrected chi connectivity index (χ1v) is 14.4. The van der Waals surface area contributed by atoms with Crippen LogP contribution >= 0.6 is 0 Å². The van der Waals surface area contributed by atoms with E-state index >= 15 is 0 Å². The number of pyridine rings is 1. The Morgan fingerprint density at radius 1 is 0.907 bits per heavy atom. The van der Waals surface area contributed by atoms with Crippen molar-refractivity contribution in [1.82, 2.24) is 10.3 Å². The minimum Gasteiger partial charge on any atom is -0.349 e. The number of halogens is 8. The van der Waals surface area contributed by atoms with Gasteiger partial charge in [-0.3, -0.25) is 9.59 Å². The molecule has 1 amide bonds. The molecule has 1 aromatic heterocycles. The van der Waals surface area contributed by atoms with Crippen molar-refractivity contribution in [2.45, 2.75) is 59.4 Å². The van der Waals surface area contributed by atoms with Crippen molar-refractivity contribution >= 4 is 15.7 Å². The molecule has 43 heavy (non-hydrogen) atoms. The summed E-state index contributed by atoms with van der Waals surface area (Å²) in [5.74, 6) is -2.33. The van der Waals surface area contributed by atoms with Crippen molar-refractivity contribution in [2.24, 2.45) is 5.92 Å². The molecule has 0 bridgehead atoms. The van der Waals surface area contributed by atoms with Gasteiger partial charge in [-0.25, -0.2) is 17.2 Å². The molecule has 3 aromatic rings. The Labute approximate surface area is 239 Å². The van der Waals surface area contributed by atoms with E-state index in [4.69, 9.17) is 0 Å². The summed E-state index contributed by atoms with van der Waals surface area (Å²) in [5, 5.41) is 2.73. The number of rotatable bonds is 5. The first kappa shape index (κ1) is 30.7. The van der Waals surface area contributed by atoms with E-state index in [9.17, 15) is 53.1 Å². The lowest BCUT2D eigenvalue weighted by Gasteiger charge is -2.43. The summed E-state index contributed by atoms with van der Waals surface area (Å²) in [6, 6.07) is 6.75. The zero-order valence-corrected chi connectivity index (χ0v) is 22.6. The molecule has 15 heteroatoms. The number of aromatic nitrogens is 1. The van der Waals surface area contributed by atoms with Gasteiger partial charge in [-0.1, -0.05) is 18.2 Å². The first-order valence-electron chi connectivity index (χ1n) is 12.9. The van der Waals surface area contributed by atoms with Crippen molar-refractivity contribution in [3.8, 4) is 0 Å². The second-order valence-corrected chi connectivity index (χ2v) is 12.8. The lowest BCUT2D eigenvalue weighted by molar-refractivity contribution is -0.348. The predicted molar refractivity (Wildman–Crippen MR) is 136 cm³/mol. The van der Waals surface area contributed by atoms with Crippen molar-refractivity contribution in [3.63, 3.8) is 0 Å². The zero-order valence-electron chi connectivity index (χ0n) is 21.8. The largest absolute Gasteiger partial charge is 0.435 e. The Morgan fingerprint density at radius 2 is 1.56 bits per heavy atom. The number of sulfone groups is 1. The van der Waals surface area contributed by atoms with Crippen LogP contribution in [0.15, 0.2) is 70.5 Å². The Morgan fingerprint density at radius 3 is 2.14 bits per heavy atom. The number of aromatic amines is 1. The molecular weight excluding hydrogens is 612 g/mol. The third-order valence-electron chi connectivity index (χ3n) is 8.34. The average molecular weight is 635 g/mol. The molecule has 2 aromatic carbocycles. The van der Waals surface area contributed by atoms with Gasteiger partial charge in [-0.2, -0.15) is 26.3 Å². The molecule has 1 heterocycles. The van der Waals surface area contributed by atoms with E-state index in [1.165, 1.54) is 6.07 Å². The number of H-pyrrole nitrogens is 1. The van der Waals surface area contributed by atoms with Gasteiger partial charge in [0.15, 0.2) is 9.84 Å². The molecule has 1 saturated carbocycles. The predicted octanol–water partition coefficient (Wildman–Crippen LogP) is 5.63. The van der Waals surface area contributed by atoms with Gasteiger partial charge in [0.2, 0.25) is 5.56 Å². The molecule has 6 nitrogen and oxygen atoms in total. The molecule has 0 aliphatic heterocycles. The van der Waals surface area contributed by atoms with Gasteiger partial charge in [-0.05, 0) is 67.1 Å². The highest BCUT2D eigenvalue weighted by Crippen LogP contribution is 2.59. The third-order valence-corrected chi connectivity index (χ3v) is 10.9. The van der Waals surface area contributed by atoms with Crippen LogP contribution in [0.5, 0.6) is 0 Å². The number of amides is 1. The minimum absolute atomic E-state index is 0.0412. The highest BCUT2D eigenvalue weighted by molar-refractivity contribution is 7.92. The maximum absolute atomic E-state index is 14.9. The van der Waals surface area contributed by atoms with Crippen molar-refractivity contribution in [1.29, 1.82) is 0 Å². The number of nitrogens with one attached hydrogen (secondary N) is 2. The van der Waals surface area contributed by atoms with Gasteiger partial charge in [0, 0.05) is 29.8 Å². The average Bonchev–Trinajstić information content (AvgIpc) is 3.31. The fourth-order valence-corrected chi connectivity index (χ4v) is 8.83. The summed E-state index contributed by atoms with van der Waals surface area (Å²) in [4.78, 5) is 26.3. The minimum atomic E-state index is -6.36. The van der Waals surface area contributed by atoms with Gasteiger partial charge < -0.3 is 10.3 Å². The van der Waals surface area contributed by atoms with Gasteiger partial charge in [0.1, 0.15) is 10.6 Å². The van der Waals surface area contributed by atoms with Crippen molar-refractivity contribution < 1.29 is 48.3 Å². The fourth-order valence-electron chi connectivity index (χ4n) is 6.36. The van der Waals surface area contributed by atoms with Crippen LogP contribution in [0.4, 0.5) is 35.1 Å². The molecule has 0 radical (unpaired) electrons. The van der Waals surface area contributed by atoms with Gasteiger partial charge >= 0.3 is 18.0 Å². The van der Waals surface area contributed by atoms with Gasteiger partial charge in [0.25, 0.3) is 5.91 Å². The van der Waals surface area contributed by atoms with E-state index < -0.39 is 67.4 Å². The molecule has 1 fully saturated rings. The highest BCUT2D eigenvalue weighted by Gasteiger charge is 2.73. The molecule has 0 unspecified atom stereocenters. The summed E-state index contributed by atoms with van der Waals surface area (Å²) >= 11 is 0. The number of benzene rings is 2. The quantitative estimate of drug-likeness (QED) is 0.281. The molecule has 2 N–H and O–H groups in total. The Bertz CT molecular complexity index is 1700. The number of alkyl halides is 7. The molecule has 2 aliphatic rings. The maximum Gasteiger partial charge on any atom is 0.435 e. The van der Waals surface area contributed by atoms with Crippen LogP contribution in [-0.2, 0) is 26.7 Å². The van der Waals surface area contributed by atoms with Gasteiger partial charge in [0.05, 0.1) is 10.5 Å². The fraction of sp³-hybridized carbons (Fsp3) is 0.357. The second-order valence-electron chi connectivity index (χ2n) is 10.6. The highest BCUT2D eigenvalue weighted by atomic mass is 32.2. The van der Waals surface area contributed by atoms with E-state index in [2.05, 4.69) is 10.3 Å². The van der Waals surface area contributed by atoms with E-state index in [0.717, 1.165) is 42.6 Å². The van der Waals surface area contributed by atoms with E-state index in [1.807, 2.05) is 0 Å². The molecule has 230 valence electrons. The van der Waals surface area contributed by atoms with Crippen LogP contribution in [0.25, 0.3) is 0 Å². The standard InChI is InChI=1S/C28H22F8N2O4S/c29-18-4-6-19(7-5-18)43(41,42)25-12-11-22(38-24(40)16-2-10-23(39)37-14-16)21(25)8-1-15-13-17(3-9-20(15)25)26(30,27(31,32)33)28(34,35)36/h2-7,9-10,13-14,21-22H,1,8,11-12H2,(H,37,39)(H,38,40)/t21-,22+,25+/m0/s1. The van der Waals surface area contributed by atoms with Crippen LogP contribution in [-0.4, -0.2) is 37.7 Å². The van der Waals surface area contributed by atoms with Crippen LogP contribution in [0.3, 0.4) is 0 Å². The number of carbonyl (C=O) groups excluding carboxylic acids is 1. The summed E-state index contributed by atoms with van der Waals surface area (Å²) in [5.41, 5.74) is -8.21. The number of carbonyl (C=O) groups is 1. The SMILES string of the molecule is O=C(N[C@@H]1CC[C@@]2(S(=O)(=O)c3ccc(F)cc3)c3ccc(C(F)(C(F)(F)F)C(F)(F)F)cc3CC[C@@H]12)c1ccc(=O)[nH]c1. The van der Waals surface area contributed by atoms with E-state index in [0.29, 0.717) is 6.07 Å². The topological polar surface area (TPSA) is 96.1 Å². The van der Waals surface area contributed by atoms with E-state index in [1.54, 1.807) is 0 Å². The summed E-state index contributed by atoms with van der Waals surface area (Å²) < 4.78 is 136. The lowest BCUT2D eigenvalue weighted by atomic mass is 9.74. The number of hydrogen-bond acceptors (Lipinski definition) is 4. The molecule has 0 saturated heterocycles. The smallest absolute Gasteiger partial charge is 0.349 e. The number of hydrogen-bond donors (Lipinski definition) is 2. The summed E-state index contributed by atoms with van der Waals surface area (Å²) in [6.45, 7) is 0. The second kappa shape index (κ2) is 10.2. The van der Waals surface area contributed by atoms with Crippen LogP contribution < -0.4 is 10.9 Å². The lowest BCUT2D eigenvalue weighted by Crippen LogP contribution is -2.51. The van der Waals surface area contributed by atoms with Crippen LogP contribution in [0.2, 0.25) is 0 Å². The Balaban J connectivity index is 1.65. The Hall–Kier alpha value is -3.75. The van der Waals surface area contributed by atoms with Crippen molar-refractivity contribution in [3.05, 3.63) is 99.2 Å². The zero-order chi connectivity index (χ0) is 31.6. The molecular formula is C28H22F8N2O4S. The number of fused-ring (bicyclic) bond motifs is 3. The van der Waals surface area contributed by atoms with E-state index in [-0.39, 0.29) is 53.3 Å². The monoisotopic (exact) mass is 634 g/mol. The van der Waals surface area contributed by atoms with Crippen molar-refractivity contribution in [2.75, 3.05) is 0 Å². The first-order chi connectivity index (χ1) is 19.9. The van der Waals surface area contributed by atoms with Crippen LogP contribution in [0.1, 0.15) is 46.3 Å². The van der Waals surface area contributed by atoms with Gasteiger partial charge in [-0.15, -0.1) is 0 Å². The molecule has 0 spiro atoms. The summed E-state index contributed by atoms with van der Waals surface area (Å²) in [6.07, 6.45) is -12.1. The third kappa shape index (κ3) is 4.71. The maximum atomic E-state index is 14.9. The molecule has 5 rings (SSSR count). The molecule has 2 aliphatic carbocycles. The normalized spacial score (nSPS) is 22.5. The Kier molecular flexibility index (Phi) is 7.26. The number of aryl methyl sites for hydroxylation is 1. The summed E-state index contributed by atoms with van der Waals surface area (Å²) in [7, 11) is -4.54. The molecule has 3 atom stereocenters. The van der Waals surface area contributed by atoms with Crippen LogP contribution in [0, 0.1) is 11.7 Å².